The summed E-state index contributed by atoms with van der Waals surface area (Å²) in [5.41, 5.74) is 4.06. The van der Waals surface area contributed by atoms with Crippen LogP contribution in [-0.4, -0.2) is 34.4 Å². The van der Waals surface area contributed by atoms with Gasteiger partial charge >= 0.3 is 0 Å². The fraction of sp³-hybridized carbons (Fsp3) is 0.222. The average molecular weight is 489 g/mol. The van der Waals surface area contributed by atoms with Gasteiger partial charge in [-0.15, -0.1) is 0 Å². The number of amides is 2. The summed E-state index contributed by atoms with van der Waals surface area (Å²) in [7, 11) is 0. The summed E-state index contributed by atoms with van der Waals surface area (Å²) < 4.78 is 5.78. The Balaban J connectivity index is 1.29. The highest BCUT2D eigenvalue weighted by Crippen LogP contribution is 2.36. The van der Waals surface area contributed by atoms with Crippen LogP contribution in [0.2, 0.25) is 5.02 Å². The minimum Gasteiger partial charge on any atom is -0.478 e. The van der Waals surface area contributed by atoms with Crippen LogP contribution >= 0.6 is 11.6 Å². The van der Waals surface area contributed by atoms with E-state index in [0.29, 0.717) is 28.6 Å². The van der Waals surface area contributed by atoms with Gasteiger partial charge in [-0.25, -0.2) is 4.98 Å². The third kappa shape index (κ3) is 5.00. The molecule has 7 nitrogen and oxygen atoms in total. The molecule has 0 aliphatic carbocycles. The van der Waals surface area contributed by atoms with Crippen molar-refractivity contribution in [3.8, 4) is 5.75 Å². The van der Waals surface area contributed by atoms with E-state index in [-0.39, 0.29) is 18.4 Å². The first-order chi connectivity index (χ1) is 17.0. The van der Waals surface area contributed by atoms with Crippen molar-refractivity contribution in [3.05, 3.63) is 83.1 Å². The number of hydrogen-bond donors (Lipinski definition) is 2. The third-order valence-electron chi connectivity index (χ3n) is 6.00. The van der Waals surface area contributed by atoms with Gasteiger partial charge in [0.05, 0.1) is 16.7 Å². The number of fused-ring (bicyclic) bond motifs is 2. The highest BCUT2D eigenvalue weighted by atomic mass is 35.5. The number of hydrogen-bond acceptors (Lipinski definition) is 4. The van der Waals surface area contributed by atoms with Crippen molar-refractivity contribution in [2.24, 2.45) is 0 Å². The van der Waals surface area contributed by atoms with Gasteiger partial charge in [0.25, 0.3) is 5.91 Å². The number of halogens is 1. The molecule has 4 aromatic rings. The van der Waals surface area contributed by atoms with E-state index in [1.807, 2.05) is 43.3 Å². The first-order valence-electron chi connectivity index (χ1n) is 11.6. The Hall–Kier alpha value is -3.84. The molecule has 0 bridgehead atoms. The lowest BCUT2D eigenvalue weighted by Gasteiger charge is -2.33. The van der Waals surface area contributed by atoms with E-state index < -0.39 is 6.10 Å². The Labute approximate surface area is 208 Å². The van der Waals surface area contributed by atoms with Crippen LogP contribution in [0.3, 0.4) is 0 Å². The van der Waals surface area contributed by atoms with E-state index in [0.717, 1.165) is 29.7 Å². The molecule has 2 heterocycles. The zero-order valence-electron chi connectivity index (χ0n) is 19.3. The van der Waals surface area contributed by atoms with Crippen molar-refractivity contribution in [1.82, 2.24) is 9.97 Å². The molecule has 0 saturated carbocycles. The van der Waals surface area contributed by atoms with E-state index in [9.17, 15) is 9.59 Å². The van der Waals surface area contributed by atoms with Crippen molar-refractivity contribution < 1.29 is 14.3 Å². The number of nitrogens with one attached hydrogen (secondary N) is 2. The minimum absolute atomic E-state index is 0.143. The molecule has 2 amide bonds. The Morgan fingerprint density at radius 2 is 1.94 bits per heavy atom. The molecule has 1 aliphatic rings. The van der Waals surface area contributed by atoms with Gasteiger partial charge in [0, 0.05) is 17.1 Å². The zero-order chi connectivity index (χ0) is 24.4. The smallest absolute Gasteiger partial charge is 0.268 e. The number of benzene rings is 3. The number of anilines is 2. The second-order valence-corrected chi connectivity index (χ2v) is 8.94. The summed E-state index contributed by atoms with van der Waals surface area (Å²) in [6.45, 7) is 1.73. The summed E-state index contributed by atoms with van der Waals surface area (Å²) in [5, 5.41) is 3.36. The van der Waals surface area contributed by atoms with E-state index in [4.69, 9.17) is 16.3 Å². The minimum atomic E-state index is -0.632. The maximum absolute atomic E-state index is 12.9. The number of imidazole rings is 1. The van der Waals surface area contributed by atoms with Crippen molar-refractivity contribution in [1.29, 1.82) is 0 Å². The quantitative estimate of drug-likeness (QED) is 0.377. The number of carbonyl (C=O) groups excluding carboxylic acids is 2. The molecule has 1 unspecified atom stereocenters. The van der Waals surface area contributed by atoms with Crippen LogP contribution in [0.1, 0.15) is 24.7 Å². The maximum atomic E-state index is 12.9. The largest absolute Gasteiger partial charge is 0.478 e. The zero-order valence-corrected chi connectivity index (χ0v) is 20.0. The predicted octanol–water partition coefficient (Wildman–Crippen LogP) is 5.14. The summed E-state index contributed by atoms with van der Waals surface area (Å²) >= 11 is 6.14. The molecular formula is C27H25ClN4O3. The van der Waals surface area contributed by atoms with E-state index in [1.54, 1.807) is 18.2 Å². The van der Waals surface area contributed by atoms with E-state index in [2.05, 4.69) is 27.4 Å². The van der Waals surface area contributed by atoms with Gasteiger partial charge in [0.1, 0.15) is 18.1 Å². The van der Waals surface area contributed by atoms with Crippen molar-refractivity contribution in [2.45, 2.75) is 32.3 Å². The average Bonchev–Trinajstić information content (AvgIpc) is 3.27. The molecule has 0 fully saturated rings. The Morgan fingerprint density at radius 3 is 2.74 bits per heavy atom. The van der Waals surface area contributed by atoms with Gasteiger partial charge in [0.2, 0.25) is 5.91 Å². The molecule has 35 heavy (non-hydrogen) atoms. The molecular weight excluding hydrogens is 464 g/mol. The number of aryl methyl sites for hydroxylation is 2. The van der Waals surface area contributed by atoms with Crippen LogP contribution in [0.4, 0.5) is 11.4 Å². The van der Waals surface area contributed by atoms with Crippen LogP contribution in [0.5, 0.6) is 5.75 Å². The van der Waals surface area contributed by atoms with Crippen LogP contribution < -0.4 is 15.0 Å². The van der Waals surface area contributed by atoms with E-state index >= 15 is 0 Å². The Kier molecular flexibility index (Phi) is 6.42. The van der Waals surface area contributed by atoms with Crippen LogP contribution in [0.15, 0.2) is 66.7 Å². The van der Waals surface area contributed by atoms with Crippen LogP contribution in [-0.2, 0) is 22.4 Å². The number of ether oxygens (including phenoxy) is 1. The summed E-state index contributed by atoms with van der Waals surface area (Å²) in [4.78, 5) is 35.3. The van der Waals surface area contributed by atoms with Crippen LogP contribution in [0.25, 0.3) is 11.0 Å². The van der Waals surface area contributed by atoms with E-state index in [1.165, 1.54) is 10.5 Å². The number of aromatic amines is 1. The highest BCUT2D eigenvalue weighted by Gasteiger charge is 2.34. The molecule has 2 N–H and O–H groups in total. The summed E-state index contributed by atoms with van der Waals surface area (Å²) in [5.74, 6) is 0.856. The second kappa shape index (κ2) is 9.80. The molecule has 0 saturated heterocycles. The molecule has 5 rings (SSSR count). The molecule has 178 valence electrons. The molecule has 3 aromatic carbocycles. The van der Waals surface area contributed by atoms with Crippen molar-refractivity contribution in [2.75, 3.05) is 16.8 Å². The molecule has 0 spiro atoms. The number of H-pyrrole nitrogens is 1. The normalized spacial score (nSPS) is 15.1. The topological polar surface area (TPSA) is 87.3 Å². The van der Waals surface area contributed by atoms with Gasteiger partial charge in [-0.3, -0.25) is 14.5 Å². The van der Waals surface area contributed by atoms with Gasteiger partial charge in [-0.05, 0) is 54.8 Å². The third-order valence-corrected chi connectivity index (χ3v) is 6.24. The Morgan fingerprint density at radius 1 is 1.11 bits per heavy atom. The lowest BCUT2D eigenvalue weighted by Crippen LogP contribution is -2.48. The number of aromatic nitrogens is 2. The molecule has 1 aliphatic heterocycles. The number of carbonyl (C=O) groups is 2. The van der Waals surface area contributed by atoms with Gasteiger partial charge in [0.15, 0.2) is 6.10 Å². The van der Waals surface area contributed by atoms with Crippen molar-refractivity contribution >= 4 is 45.8 Å². The second-order valence-electron chi connectivity index (χ2n) is 8.50. The molecule has 1 atom stereocenters. The fourth-order valence-electron chi connectivity index (χ4n) is 4.23. The van der Waals surface area contributed by atoms with Gasteiger partial charge < -0.3 is 15.0 Å². The first kappa shape index (κ1) is 22.9. The monoisotopic (exact) mass is 488 g/mol. The number of rotatable bonds is 7. The predicted molar refractivity (Wildman–Crippen MR) is 137 cm³/mol. The molecule has 1 aromatic heterocycles. The van der Waals surface area contributed by atoms with Gasteiger partial charge in [-0.2, -0.15) is 0 Å². The lowest BCUT2D eigenvalue weighted by atomic mass is 10.1. The van der Waals surface area contributed by atoms with Crippen LogP contribution in [0, 0.1) is 0 Å². The molecule has 0 radical (unpaired) electrons. The fourth-order valence-corrected chi connectivity index (χ4v) is 4.39. The Bertz CT molecular complexity index is 1390. The highest BCUT2D eigenvalue weighted by molar-refractivity contribution is 6.31. The maximum Gasteiger partial charge on any atom is 0.268 e. The lowest BCUT2D eigenvalue weighted by molar-refractivity contribution is -0.128. The summed E-state index contributed by atoms with van der Waals surface area (Å²) in [6.07, 6.45) is 1.55. The van der Waals surface area contributed by atoms with Crippen molar-refractivity contribution in [3.63, 3.8) is 0 Å². The molecule has 8 heteroatoms. The summed E-state index contributed by atoms with van der Waals surface area (Å²) in [6, 6.07) is 20.9. The number of nitrogens with zero attached hydrogens (tertiary/aromatic N) is 2. The SMILES string of the molecule is CCC1Oc2ccc(Cl)cc2N(CC(=O)Nc2ccc3nc(CCc4ccccc4)[nH]c3c2)C1=O. The first-order valence-corrected chi connectivity index (χ1v) is 12.0. The standard InChI is InChI=1S/C27H25ClN4O3/c1-2-23-27(34)32(22-14-18(28)9-12-24(22)35-23)16-26(33)29-19-10-11-20-21(15-19)31-25(30-20)13-8-17-6-4-3-5-7-17/h3-7,9-12,14-15,23H,2,8,13,16H2,1H3,(H,29,33)(H,30,31). The van der Waals surface area contributed by atoms with Gasteiger partial charge in [-0.1, -0.05) is 48.9 Å².